The molecule has 0 aromatic carbocycles. The molecule has 0 atom stereocenters. The molecule has 0 aromatic heterocycles. The predicted molar refractivity (Wildman–Crippen MR) is 62.6 cm³/mol. The van der Waals surface area contributed by atoms with Gasteiger partial charge in [-0.25, -0.2) is 0 Å². The van der Waals surface area contributed by atoms with Crippen molar-refractivity contribution in [1.82, 2.24) is 10.6 Å². The van der Waals surface area contributed by atoms with Crippen molar-refractivity contribution in [2.45, 2.75) is 46.5 Å². The van der Waals surface area contributed by atoms with Crippen molar-refractivity contribution in [2.75, 3.05) is 13.1 Å². The quantitative estimate of drug-likeness (QED) is 0.500. The van der Waals surface area contributed by atoms with Gasteiger partial charge in [0.1, 0.15) is 0 Å². The Labute approximate surface area is 92.8 Å². The fourth-order valence-electron chi connectivity index (χ4n) is 0.843. The van der Waals surface area contributed by atoms with Gasteiger partial charge in [-0.1, -0.05) is 26.7 Å². The van der Waals surface area contributed by atoms with Crippen molar-refractivity contribution in [2.24, 2.45) is 0 Å². The maximum atomic E-state index is 10.3. The van der Waals surface area contributed by atoms with Crippen LogP contribution in [-0.4, -0.2) is 25.4 Å². The van der Waals surface area contributed by atoms with Crippen LogP contribution in [0.2, 0.25) is 0 Å². The maximum absolute atomic E-state index is 10.3. The lowest BCUT2D eigenvalue weighted by molar-refractivity contribution is -0.119. The van der Waals surface area contributed by atoms with Gasteiger partial charge in [-0.05, 0) is 12.8 Å². The van der Waals surface area contributed by atoms with Gasteiger partial charge in [-0.3, -0.25) is 9.59 Å². The van der Waals surface area contributed by atoms with Gasteiger partial charge in [-0.15, -0.1) is 0 Å². The largest absolute Gasteiger partial charge is 0.359 e. The van der Waals surface area contributed by atoms with Gasteiger partial charge >= 0.3 is 0 Å². The smallest absolute Gasteiger partial charge is 0.216 e. The molecular formula is C11H24N2O2. The molecule has 4 heteroatoms. The van der Waals surface area contributed by atoms with E-state index in [4.69, 9.17) is 0 Å². The third-order valence-corrected chi connectivity index (χ3v) is 1.63. The van der Waals surface area contributed by atoms with Crippen molar-refractivity contribution in [1.29, 1.82) is 0 Å². The summed E-state index contributed by atoms with van der Waals surface area (Å²) in [5, 5.41) is 5.26. The van der Waals surface area contributed by atoms with E-state index in [1.54, 1.807) is 6.92 Å². The van der Waals surface area contributed by atoms with E-state index >= 15 is 0 Å². The Balaban J connectivity index is 0. The van der Waals surface area contributed by atoms with Gasteiger partial charge in [0.05, 0.1) is 0 Å². The second kappa shape index (κ2) is 15.4. The van der Waals surface area contributed by atoms with E-state index in [0.717, 1.165) is 25.9 Å². The highest BCUT2D eigenvalue weighted by atomic mass is 16.1. The van der Waals surface area contributed by atoms with Crippen molar-refractivity contribution in [3.05, 3.63) is 0 Å². The zero-order chi connectivity index (χ0) is 11.9. The third kappa shape index (κ3) is 24.6. The van der Waals surface area contributed by atoms with Crippen LogP contribution >= 0.6 is 0 Å². The number of hydrogen-bond acceptors (Lipinski definition) is 2. The second-order valence-corrected chi connectivity index (χ2v) is 3.26. The summed E-state index contributed by atoms with van der Waals surface area (Å²) in [6.07, 6.45) is 5.25. The topological polar surface area (TPSA) is 58.2 Å². The van der Waals surface area contributed by atoms with Gasteiger partial charge in [0.25, 0.3) is 0 Å². The summed E-state index contributed by atoms with van der Waals surface area (Å²) >= 11 is 0. The first-order chi connectivity index (χ1) is 7.18. The molecule has 2 amide bonds. The van der Waals surface area contributed by atoms with E-state index in [1.165, 1.54) is 12.8 Å². The lowest BCUT2D eigenvalue weighted by atomic mass is 10.2. The first-order valence-corrected chi connectivity index (χ1v) is 5.60. The van der Waals surface area contributed by atoms with E-state index in [-0.39, 0.29) is 5.91 Å². The van der Waals surface area contributed by atoms with Crippen molar-refractivity contribution in [3.8, 4) is 0 Å². The maximum Gasteiger partial charge on any atom is 0.216 e. The molecule has 0 aliphatic rings. The lowest BCUT2D eigenvalue weighted by Crippen LogP contribution is -2.20. The lowest BCUT2D eigenvalue weighted by Gasteiger charge is -1.98. The van der Waals surface area contributed by atoms with Crippen molar-refractivity contribution in [3.63, 3.8) is 0 Å². The van der Waals surface area contributed by atoms with Crippen molar-refractivity contribution >= 4 is 12.3 Å². The highest BCUT2D eigenvalue weighted by Gasteiger charge is 1.87. The number of nitrogens with one attached hydrogen (secondary N) is 2. The van der Waals surface area contributed by atoms with Crippen LogP contribution in [0.1, 0.15) is 46.5 Å². The van der Waals surface area contributed by atoms with E-state index < -0.39 is 0 Å². The minimum absolute atomic E-state index is 0.0751. The molecular weight excluding hydrogens is 192 g/mol. The minimum atomic E-state index is 0.0751. The average molecular weight is 216 g/mol. The van der Waals surface area contributed by atoms with E-state index in [9.17, 15) is 9.59 Å². The molecule has 0 saturated carbocycles. The normalized spacial score (nSPS) is 8.47. The summed E-state index contributed by atoms with van der Waals surface area (Å²) in [6.45, 7) is 7.34. The zero-order valence-electron chi connectivity index (χ0n) is 10.1. The molecule has 0 heterocycles. The summed E-state index contributed by atoms with van der Waals surface area (Å²) in [5.74, 6) is 0.0751. The number of amides is 2. The molecule has 0 rings (SSSR count). The summed E-state index contributed by atoms with van der Waals surface area (Å²) in [7, 11) is 0. The fraction of sp³-hybridized carbons (Fsp3) is 0.818. The molecule has 0 saturated heterocycles. The van der Waals surface area contributed by atoms with Crippen LogP contribution < -0.4 is 10.6 Å². The first-order valence-electron chi connectivity index (χ1n) is 5.60. The molecule has 0 aliphatic carbocycles. The van der Waals surface area contributed by atoms with Crippen LogP contribution in [0.3, 0.4) is 0 Å². The van der Waals surface area contributed by atoms with Gasteiger partial charge < -0.3 is 10.6 Å². The van der Waals surface area contributed by atoms with E-state index in [1.807, 2.05) is 6.92 Å². The molecule has 90 valence electrons. The SMILES string of the molecule is CCCCCNC(C)=O.CCCNC=O. The summed E-state index contributed by atoms with van der Waals surface area (Å²) in [6, 6.07) is 0. The van der Waals surface area contributed by atoms with E-state index in [2.05, 4.69) is 17.6 Å². The highest BCUT2D eigenvalue weighted by Crippen LogP contribution is 1.90. The minimum Gasteiger partial charge on any atom is -0.359 e. The monoisotopic (exact) mass is 216 g/mol. The standard InChI is InChI=1S/C7H15NO.C4H9NO/c1-3-4-5-6-8-7(2)9;1-2-3-5-4-6/h3-6H2,1-2H3,(H,8,9);4H,2-3H2,1H3,(H,5,6). The summed E-state index contributed by atoms with van der Waals surface area (Å²) in [5.41, 5.74) is 0. The summed E-state index contributed by atoms with van der Waals surface area (Å²) in [4.78, 5) is 19.7. The predicted octanol–water partition coefficient (Wildman–Crippen LogP) is 1.46. The first kappa shape index (κ1) is 16.4. The van der Waals surface area contributed by atoms with Crippen LogP contribution in [-0.2, 0) is 9.59 Å². The Morgan fingerprint density at radius 3 is 2.13 bits per heavy atom. The van der Waals surface area contributed by atoms with Crippen molar-refractivity contribution < 1.29 is 9.59 Å². The van der Waals surface area contributed by atoms with Gasteiger partial charge in [0, 0.05) is 20.0 Å². The van der Waals surface area contributed by atoms with Gasteiger partial charge in [0.2, 0.25) is 12.3 Å². The van der Waals surface area contributed by atoms with Crippen LogP contribution in [0.4, 0.5) is 0 Å². The Hall–Kier alpha value is -1.06. The number of rotatable bonds is 7. The Morgan fingerprint density at radius 1 is 1.13 bits per heavy atom. The third-order valence-electron chi connectivity index (χ3n) is 1.63. The van der Waals surface area contributed by atoms with Crippen LogP contribution in [0.25, 0.3) is 0 Å². The molecule has 0 aliphatic heterocycles. The molecule has 0 fully saturated rings. The van der Waals surface area contributed by atoms with Gasteiger partial charge in [-0.2, -0.15) is 0 Å². The molecule has 0 spiro atoms. The zero-order valence-corrected chi connectivity index (χ0v) is 10.1. The Kier molecular flexibility index (Phi) is 16.8. The van der Waals surface area contributed by atoms with Crippen LogP contribution in [0, 0.1) is 0 Å². The number of unbranched alkanes of at least 4 members (excludes halogenated alkanes) is 2. The number of hydrogen-bond donors (Lipinski definition) is 2. The Morgan fingerprint density at radius 2 is 1.80 bits per heavy atom. The van der Waals surface area contributed by atoms with Gasteiger partial charge in [0.15, 0.2) is 0 Å². The molecule has 0 bridgehead atoms. The van der Waals surface area contributed by atoms with Crippen LogP contribution in [0.15, 0.2) is 0 Å². The molecule has 0 aromatic rings. The fourth-order valence-corrected chi connectivity index (χ4v) is 0.843. The average Bonchev–Trinajstić information content (AvgIpc) is 2.22. The second-order valence-electron chi connectivity index (χ2n) is 3.26. The number of carbonyl (C=O) groups excluding carboxylic acids is 2. The molecule has 4 nitrogen and oxygen atoms in total. The van der Waals surface area contributed by atoms with E-state index in [0.29, 0.717) is 6.41 Å². The van der Waals surface area contributed by atoms with Crippen LogP contribution in [0.5, 0.6) is 0 Å². The molecule has 15 heavy (non-hydrogen) atoms. The number of carbonyl (C=O) groups is 2. The molecule has 0 radical (unpaired) electrons. The molecule has 0 unspecified atom stereocenters. The Bertz CT molecular complexity index is 150. The summed E-state index contributed by atoms with van der Waals surface area (Å²) < 4.78 is 0. The molecule has 2 N–H and O–H groups in total. The highest BCUT2D eigenvalue weighted by molar-refractivity contribution is 5.72.